The van der Waals surface area contributed by atoms with Crippen LogP contribution in [-0.4, -0.2) is 18.3 Å². The highest BCUT2D eigenvalue weighted by atomic mass is 79.9. The molecule has 0 bridgehead atoms. The fourth-order valence-electron chi connectivity index (χ4n) is 1.85. The van der Waals surface area contributed by atoms with Crippen molar-refractivity contribution < 1.29 is 19.0 Å². The van der Waals surface area contributed by atoms with E-state index in [-0.39, 0.29) is 4.47 Å². The molecule has 0 spiro atoms. The van der Waals surface area contributed by atoms with E-state index in [0.717, 1.165) is 0 Å². The Labute approximate surface area is 100 Å². The highest BCUT2D eigenvalue weighted by molar-refractivity contribution is 9.10. The van der Waals surface area contributed by atoms with Gasteiger partial charge in [-0.15, -0.1) is 0 Å². The van der Waals surface area contributed by atoms with E-state index in [1.165, 1.54) is 0 Å². The van der Waals surface area contributed by atoms with Crippen LogP contribution in [0.2, 0.25) is 0 Å². The minimum atomic E-state index is -1.01. The summed E-state index contributed by atoms with van der Waals surface area (Å²) in [6.45, 7) is 0.859. The summed E-state index contributed by atoms with van der Waals surface area (Å²) in [5, 5.41) is 9.95. The first kappa shape index (κ1) is 10.4. The van der Waals surface area contributed by atoms with E-state index in [9.17, 15) is 9.50 Å². The minimum Gasteiger partial charge on any atom is -0.486 e. The van der Waals surface area contributed by atoms with Gasteiger partial charge in [0.05, 0.1) is 10.1 Å². The maximum absolute atomic E-state index is 14.0. The largest absolute Gasteiger partial charge is 0.486 e. The Morgan fingerprint density at radius 3 is 2.69 bits per heavy atom. The molecule has 5 heteroatoms. The second-order valence-corrected chi connectivity index (χ2v) is 4.90. The summed E-state index contributed by atoms with van der Waals surface area (Å²) >= 11 is 3.15. The van der Waals surface area contributed by atoms with E-state index in [1.807, 2.05) is 0 Å². The predicted molar refractivity (Wildman–Crippen MR) is 58.2 cm³/mol. The molecule has 1 fully saturated rings. The summed E-state index contributed by atoms with van der Waals surface area (Å²) in [4.78, 5) is 0. The third-order valence-electron chi connectivity index (χ3n) is 2.94. The van der Waals surface area contributed by atoms with Crippen molar-refractivity contribution in [2.45, 2.75) is 18.4 Å². The van der Waals surface area contributed by atoms with Crippen molar-refractivity contribution in [3.8, 4) is 11.5 Å². The number of halogens is 2. The molecule has 3 rings (SSSR count). The Morgan fingerprint density at radius 1 is 1.31 bits per heavy atom. The van der Waals surface area contributed by atoms with Crippen LogP contribution < -0.4 is 9.47 Å². The molecule has 16 heavy (non-hydrogen) atoms. The van der Waals surface area contributed by atoms with Gasteiger partial charge in [0.1, 0.15) is 19.0 Å². The van der Waals surface area contributed by atoms with Crippen LogP contribution in [0.5, 0.6) is 11.5 Å². The summed E-state index contributed by atoms with van der Waals surface area (Å²) in [7, 11) is 0. The predicted octanol–water partition coefficient (Wildman–Crippen LogP) is 2.34. The molecule has 1 heterocycles. The van der Waals surface area contributed by atoms with Gasteiger partial charge in [-0.1, -0.05) is 0 Å². The normalized spacial score (nSPS) is 20.7. The smallest absolute Gasteiger partial charge is 0.178 e. The molecule has 1 aromatic carbocycles. The van der Waals surface area contributed by atoms with Gasteiger partial charge >= 0.3 is 0 Å². The average molecular weight is 289 g/mol. The van der Waals surface area contributed by atoms with Crippen LogP contribution in [0, 0.1) is 5.82 Å². The summed E-state index contributed by atoms with van der Waals surface area (Å²) in [6, 6.07) is 1.54. The lowest BCUT2D eigenvalue weighted by molar-refractivity contribution is 0.141. The maximum Gasteiger partial charge on any atom is 0.178 e. The molecule has 3 nitrogen and oxygen atoms in total. The molecule has 2 aliphatic rings. The van der Waals surface area contributed by atoms with Gasteiger partial charge in [-0.05, 0) is 34.8 Å². The van der Waals surface area contributed by atoms with E-state index < -0.39 is 11.4 Å². The monoisotopic (exact) mass is 288 g/mol. The Morgan fingerprint density at radius 2 is 2.00 bits per heavy atom. The number of aliphatic hydroxyl groups is 1. The zero-order chi connectivity index (χ0) is 11.3. The zero-order valence-electron chi connectivity index (χ0n) is 8.43. The molecule has 1 aromatic rings. The molecule has 0 radical (unpaired) electrons. The fourth-order valence-corrected chi connectivity index (χ4v) is 2.37. The molecule has 0 unspecified atom stereocenters. The van der Waals surface area contributed by atoms with Gasteiger partial charge in [-0.2, -0.15) is 0 Å². The summed E-state index contributed by atoms with van der Waals surface area (Å²) < 4.78 is 24.9. The van der Waals surface area contributed by atoms with Crippen molar-refractivity contribution in [3.05, 3.63) is 21.9 Å². The molecule has 0 saturated heterocycles. The Balaban J connectivity index is 2.17. The van der Waals surface area contributed by atoms with Gasteiger partial charge in [0.25, 0.3) is 0 Å². The molecule has 86 valence electrons. The van der Waals surface area contributed by atoms with Crippen molar-refractivity contribution >= 4 is 15.9 Å². The minimum absolute atomic E-state index is 0.236. The lowest BCUT2D eigenvalue weighted by atomic mass is 10.1. The number of hydrogen-bond donors (Lipinski definition) is 1. The van der Waals surface area contributed by atoms with E-state index >= 15 is 0 Å². The van der Waals surface area contributed by atoms with Crippen molar-refractivity contribution in [2.24, 2.45) is 0 Å². The maximum atomic E-state index is 14.0. The van der Waals surface area contributed by atoms with Gasteiger partial charge in [0, 0.05) is 5.56 Å². The van der Waals surface area contributed by atoms with E-state index in [0.29, 0.717) is 43.1 Å². The topological polar surface area (TPSA) is 38.7 Å². The first-order valence-electron chi connectivity index (χ1n) is 5.12. The van der Waals surface area contributed by atoms with Crippen LogP contribution in [0.1, 0.15) is 18.4 Å². The van der Waals surface area contributed by atoms with Crippen molar-refractivity contribution in [3.63, 3.8) is 0 Å². The number of hydrogen-bond acceptors (Lipinski definition) is 3. The van der Waals surface area contributed by atoms with Gasteiger partial charge in [0.2, 0.25) is 0 Å². The fraction of sp³-hybridized carbons (Fsp3) is 0.455. The lowest BCUT2D eigenvalue weighted by Crippen LogP contribution is -2.18. The number of rotatable bonds is 1. The standard InChI is InChI=1S/C11H10BrFO3/c12-8-9(13)6(11(14)1-2-11)5-7-10(8)16-4-3-15-7/h5,14H,1-4H2. The van der Waals surface area contributed by atoms with Crippen LogP contribution in [0.15, 0.2) is 10.5 Å². The van der Waals surface area contributed by atoms with Gasteiger partial charge in [0.15, 0.2) is 11.5 Å². The van der Waals surface area contributed by atoms with Crippen LogP contribution in [0.25, 0.3) is 0 Å². The van der Waals surface area contributed by atoms with E-state index in [1.54, 1.807) is 6.07 Å². The molecule has 0 aromatic heterocycles. The Kier molecular flexibility index (Phi) is 2.16. The molecular weight excluding hydrogens is 279 g/mol. The second-order valence-electron chi connectivity index (χ2n) is 4.11. The average Bonchev–Trinajstić information content (AvgIpc) is 3.03. The molecular formula is C11H10BrFO3. The van der Waals surface area contributed by atoms with Crippen molar-refractivity contribution in [2.75, 3.05) is 13.2 Å². The van der Waals surface area contributed by atoms with Crippen LogP contribution in [0.4, 0.5) is 4.39 Å². The molecule has 1 aliphatic carbocycles. The van der Waals surface area contributed by atoms with Gasteiger partial charge in [-0.3, -0.25) is 0 Å². The SMILES string of the molecule is OC1(c2cc3c(c(Br)c2F)OCCO3)CC1. The first-order valence-corrected chi connectivity index (χ1v) is 5.91. The quantitative estimate of drug-likeness (QED) is 0.862. The number of ether oxygens (including phenoxy) is 2. The lowest BCUT2D eigenvalue weighted by Gasteiger charge is -2.22. The highest BCUT2D eigenvalue weighted by Crippen LogP contribution is 2.51. The summed E-state index contributed by atoms with van der Waals surface area (Å²) in [5.41, 5.74) is -0.716. The van der Waals surface area contributed by atoms with E-state index in [4.69, 9.17) is 9.47 Å². The third kappa shape index (κ3) is 1.42. The van der Waals surface area contributed by atoms with Crippen molar-refractivity contribution in [1.82, 2.24) is 0 Å². The second kappa shape index (κ2) is 3.34. The highest BCUT2D eigenvalue weighted by Gasteiger charge is 2.45. The molecule has 1 N–H and O–H groups in total. The number of benzene rings is 1. The van der Waals surface area contributed by atoms with Crippen molar-refractivity contribution in [1.29, 1.82) is 0 Å². The molecule has 1 saturated carbocycles. The van der Waals surface area contributed by atoms with Crippen LogP contribution in [0.3, 0.4) is 0 Å². The molecule has 0 atom stereocenters. The van der Waals surface area contributed by atoms with Gasteiger partial charge in [-0.25, -0.2) is 4.39 Å². The Hall–Kier alpha value is -0.810. The summed E-state index contributed by atoms with van der Waals surface area (Å²) in [6.07, 6.45) is 1.19. The third-order valence-corrected chi connectivity index (χ3v) is 3.65. The van der Waals surface area contributed by atoms with Gasteiger partial charge < -0.3 is 14.6 Å². The first-order chi connectivity index (χ1) is 7.62. The molecule has 1 aliphatic heterocycles. The zero-order valence-corrected chi connectivity index (χ0v) is 10.0. The van der Waals surface area contributed by atoms with E-state index in [2.05, 4.69) is 15.9 Å². The summed E-state index contributed by atoms with van der Waals surface area (Å²) in [5.74, 6) is 0.427. The number of fused-ring (bicyclic) bond motifs is 1. The van der Waals surface area contributed by atoms with Crippen LogP contribution >= 0.6 is 15.9 Å². The van der Waals surface area contributed by atoms with Crippen LogP contribution in [-0.2, 0) is 5.60 Å². The Bertz CT molecular complexity index is 457. The molecule has 0 amide bonds.